The molecule has 0 aromatic heterocycles. The minimum absolute atomic E-state index is 0.00874. The smallest absolute Gasteiger partial charge is 0.334 e. The Morgan fingerprint density at radius 2 is 1.57 bits per heavy atom. The number of benzene rings is 1. The lowest BCUT2D eigenvalue weighted by Crippen LogP contribution is -2.56. The molecule has 1 rings (SSSR count). The fourth-order valence-electron chi connectivity index (χ4n) is 6.90. The zero-order valence-electron chi connectivity index (χ0n) is 43.3. The normalized spacial score (nSPS) is 16.0. The Morgan fingerprint density at radius 3 is 2.06 bits per heavy atom. The number of nitrogens with zero attached hydrogens (tertiary/aromatic N) is 3. The molecule has 0 aliphatic rings. The highest BCUT2D eigenvalue weighted by Gasteiger charge is 2.42. The number of likely N-dealkylation sites (N-methyl/N-ethyl adjacent to an activating group) is 2. The van der Waals surface area contributed by atoms with Gasteiger partial charge in [0.1, 0.15) is 18.1 Å². The number of carboxylic acid groups (broad SMARTS) is 1. The molecule has 0 fully saturated rings. The number of ether oxygens (including phenoxy) is 2. The van der Waals surface area contributed by atoms with Crippen molar-refractivity contribution in [2.24, 2.45) is 17.8 Å². The average molecular weight is 972 g/mol. The monoisotopic (exact) mass is 972 g/mol. The molecule has 17 heteroatoms. The molecular weight excluding hydrogens is 891 g/mol. The van der Waals surface area contributed by atoms with E-state index < -0.39 is 74.7 Å². The summed E-state index contributed by atoms with van der Waals surface area (Å²) in [6, 6.07) is 5.00. The summed E-state index contributed by atoms with van der Waals surface area (Å²) in [7, 11) is 0.610. The molecule has 0 bridgehead atoms. The molecule has 67 heavy (non-hydrogen) atoms. The van der Waals surface area contributed by atoms with Crippen molar-refractivity contribution in [1.82, 2.24) is 20.4 Å². The van der Waals surface area contributed by atoms with Gasteiger partial charge in [0.05, 0.1) is 36.3 Å². The number of aliphatic carboxylic acids is 1. The minimum atomic E-state index is -2.18. The van der Waals surface area contributed by atoms with Crippen molar-refractivity contribution in [3.05, 3.63) is 58.7 Å². The first-order valence-corrected chi connectivity index (χ1v) is 27.5. The van der Waals surface area contributed by atoms with Gasteiger partial charge in [-0.2, -0.15) is 5.26 Å². The molecule has 0 saturated heterocycles. The summed E-state index contributed by atoms with van der Waals surface area (Å²) in [6.45, 7) is 27.1. The number of allylic oxidation sites excluding steroid dienone is 1. The lowest BCUT2D eigenvalue weighted by Gasteiger charge is -2.42. The summed E-state index contributed by atoms with van der Waals surface area (Å²) in [5.74, 6) is -4.59. The number of carbonyl (C=O) groups is 6. The Kier molecular flexibility index (Phi) is 25.4. The van der Waals surface area contributed by atoms with Crippen LogP contribution in [-0.2, 0) is 49.1 Å². The molecule has 0 aliphatic carbocycles. The molecule has 3 N–H and O–H groups in total. The first kappa shape index (κ1) is 60.5. The number of hydrogen-bond donors (Lipinski definition) is 3. The lowest BCUT2D eigenvalue weighted by atomic mass is 9.90. The number of hydrogen-bond acceptors (Lipinski definition) is 11. The number of nitrogens with one attached hydrogen (secondary N) is 2. The molecule has 4 amide bonds. The van der Waals surface area contributed by atoms with E-state index in [9.17, 15) is 39.1 Å². The number of thioether (sulfide) groups is 1. The third-order valence-corrected chi connectivity index (χ3v) is 17.5. The van der Waals surface area contributed by atoms with Crippen molar-refractivity contribution in [3.8, 4) is 6.07 Å². The van der Waals surface area contributed by atoms with E-state index >= 15 is 0 Å². The molecule has 8 unspecified atom stereocenters. The van der Waals surface area contributed by atoms with Gasteiger partial charge in [0.25, 0.3) is 5.91 Å². The van der Waals surface area contributed by atoms with Crippen molar-refractivity contribution in [2.75, 3.05) is 32.8 Å². The third kappa shape index (κ3) is 19.2. The second-order valence-corrected chi connectivity index (χ2v) is 25.2. The van der Waals surface area contributed by atoms with Crippen LogP contribution < -0.4 is 10.6 Å². The highest BCUT2D eigenvalue weighted by atomic mass is 32.2. The summed E-state index contributed by atoms with van der Waals surface area (Å²) in [6.07, 6.45) is 5.09. The predicted octanol–water partition coefficient (Wildman–Crippen LogP) is 7.50. The molecule has 0 radical (unpaired) electrons. The van der Waals surface area contributed by atoms with E-state index in [-0.39, 0.29) is 47.8 Å². The van der Waals surface area contributed by atoms with Gasteiger partial charge in [-0.05, 0) is 100 Å². The van der Waals surface area contributed by atoms with Crippen LogP contribution in [0.4, 0.5) is 0 Å². The van der Waals surface area contributed by atoms with Crippen LogP contribution in [-0.4, -0.2) is 128 Å². The summed E-state index contributed by atoms with van der Waals surface area (Å²) in [5, 5.41) is 24.2. The standard InChI is InChI=1S/C50H81N5O10SSi/c1-18-32(5)43(48(60)61)53-42(56)29-54(13)47(59)39(27-37-21-23-38(28-51)24-22-37)55(14)46(58)36(9)52-45(57)41(26-31(3)4)64-49(62)34(7)20-25-40(63-30-66-15)35(8)44(33(6)19-2)65-67(16,17)50(10,11)12/h19-24,31-32,35-36,39-41,43-44H,18,25-27,29-30H2,1-17H3,(H,52,57)(H,53,56)(H,60,61)/b33-19+,34-20+. The van der Waals surface area contributed by atoms with Gasteiger partial charge in [-0.25, -0.2) is 9.59 Å². The maximum absolute atomic E-state index is 14.1. The van der Waals surface area contributed by atoms with Crippen LogP contribution in [0.5, 0.6) is 0 Å². The number of nitriles is 1. The molecule has 0 aliphatic heterocycles. The molecule has 1 aromatic rings. The van der Waals surface area contributed by atoms with Gasteiger partial charge in [0.15, 0.2) is 14.4 Å². The quantitative estimate of drug-likeness (QED) is 0.0258. The maximum atomic E-state index is 14.1. The van der Waals surface area contributed by atoms with Crippen molar-refractivity contribution < 1.29 is 47.8 Å². The topological polar surface area (TPSA) is 205 Å². The van der Waals surface area contributed by atoms with Crippen LogP contribution >= 0.6 is 11.8 Å². The molecular formula is C50H81N5O10SSi. The Labute approximate surface area is 406 Å². The fraction of sp³-hybridized carbons (Fsp3) is 0.660. The van der Waals surface area contributed by atoms with Crippen LogP contribution in [0.2, 0.25) is 18.1 Å². The number of rotatable bonds is 27. The number of carboxylic acids is 1. The summed E-state index contributed by atoms with van der Waals surface area (Å²) < 4.78 is 19.2. The van der Waals surface area contributed by atoms with E-state index in [1.807, 2.05) is 33.1 Å². The van der Waals surface area contributed by atoms with E-state index in [0.29, 0.717) is 35.5 Å². The second kappa shape index (κ2) is 28.1. The van der Waals surface area contributed by atoms with Gasteiger partial charge < -0.3 is 39.4 Å². The predicted molar refractivity (Wildman–Crippen MR) is 267 cm³/mol. The van der Waals surface area contributed by atoms with Crippen molar-refractivity contribution in [3.63, 3.8) is 0 Å². The number of esters is 1. The van der Waals surface area contributed by atoms with Gasteiger partial charge in [-0.3, -0.25) is 19.2 Å². The molecule has 0 spiro atoms. The first-order valence-electron chi connectivity index (χ1n) is 23.2. The van der Waals surface area contributed by atoms with Crippen LogP contribution in [0.1, 0.15) is 113 Å². The highest BCUT2D eigenvalue weighted by Crippen LogP contribution is 2.40. The van der Waals surface area contributed by atoms with E-state index in [1.165, 1.54) is 25.9 Å². The van der Waals surface area contributed by atoms with Gasteiger partial charge in [-0.15, -0.1) is 11.8 Å². The van der Waals surface area contributed by atoms with E-state index in [0.717, 1.165) is 10.5 Å². The third-order valence-electron chi connectivity index (χ3n) is 12.7. The number of amides is 4. The van der Waals surface area contributed by atoms with Gasteiger partial charge in [-0.1, -0.05) is 86.1 Å². The first-order chi connectivity index (χ1) is 31.1. The zero-order valence-corrected chi connectivity index (χ0v) is 45.1. The lowest BCUT2D eigenvalue weighted by molar-refractivity contribution is -0.154. The zero-order chi connectivity index (χ0) is 51.6. The minimum Gasteiger partial charge on any atom is -0.480 e. The van der Waals surface area contributed by atoms with Crippen LogP contribution in [0.25, 0.3) is 0 Å². The maximum Gasteiger partial charge on any atom is 0.334 e. The van der Waals surface area contributed by atoms with Crippen molar-refractivity contribution in [1.29, 1.82) is 5.26 Å². The largest absolute Gasteiger partial charge is 0.480 e. The van der Waals surface area contributed by atoms with Gasteiger partial charge in [0.2, 0.25) is 17.7 Å². The Balaban J connectivity index is 3.37. The Morgan fingerprint density at radius 1 is 0.970 bits per heavy atom. The molecule has 0 saturated carbocycles. The molecule has 1 aromatic carbocycles. The van der Waals surface area contributed by atoms with Crippen molar-refractivity contribution >= 4 is 55.6 Å². The number of carbonyl (C=O) groups excluding carboxylic acids is 5. The SMILES string of the molecule is C/C=C(\C)C(O[Si](C)(C)C(C)(C)C)C(C)C(C/C=C(\C)C(=O)OC(CC(C)C)C(=O)NC(C)C(=O)N(C)C(Cc1ccc(C#N)cc1)C(=O)N(C)CC(=O)NC(C(=O)O)C(C)CC)OCSC. The summed E-state index contributed by atoms with van der Waals surface area (Å²) in [4.78, 5) is 82.9. The van der Waals surface area contributed by atoms with Crippen LogP contribution in [0.15, 0.2) is 47.6 Å². The second-order valence-electron chi connectivity index (χ2n) is 19.6. The highest BCUT2D eigenvalue weighted by molar-refractivity contribution is 7.98. The molecule has 15 nitrogen and oxygen atoms in total. The average Bonchev–Trinajstić information content (AvgIpc) is 3.26. The fourth-order valence-corrected chi connectivity index (χ4v) is 8.60. The van der Waals surface area contributed by atoms with Gasteiger partial charge in [0, 0.05) is 32.0 Å². The van der Waals surface area contributed by atoms with E-state index in [2.05, 4.69) is 64.4 Å². The Bertz CT molecular complexity index is 1930. The molecule has 376 valence electrons. The van der Waals surface area contributed by atoms with Crippen LogP contribution in [0.3, 0.4) is 0 Å². The van der Waals surface area contributed by atoms with Crippen LogP contribution in [0, 0.1) is 29.1 Å². The summed E-state index contributed by atoms with van der Waals surface area (Å²) in [5.41, 5.74) is 2.41. The van der Waals surface area contributed by atoms with E-state index in [1.54, 1.807) is 62.9 Å². The van der Waals surface area contributed by atoms with Gasteiger partial charge >= 0.3 is 11.9 Å². The molecule has 0 heterocycles. The molecule has 8 atom stereocenters. The summed E-state index contributed by atoms with van der Waals surface area (Å²) >= 11 is 1.56. The van der Waals surface area contributed by atoms with E-state index in [4.69, 9.17) is 13.9 Å². The van der Waals surface area contributed by atoms with Crippen molar-refractivity contribution in [2.45, 2.75) is 163 Å². The Hall–Kier alpha value is -4.50.